The molecule has 0 aliphatic carbocycles. The predicted octanol–water partition coefficient (Wildman–Crippen LogP) is 2.57. The van der Waals surface area contributed by atoms with E-state index in [0.717, 1.165) is 10.1 Å². The van der Waals surface area contributed by atoms with Crippen LogP contribution in [0.1, 0.15) is 11.1 Å². The molecule has 9 nitrogen and oxygen atoms in total. The highest BCUT2D eigenvalue weighted by atomic mass is 16.6. The number of methoxy groups -OCH3 is 1. The second-order valence-corrected chi connectivity index (χ2v) is 6.91. The first-order valence-corrected chi connectivity index (χ1v) is 9.42. The molecule has 0 unspecified atom stereocenters. The van der Waals surface area contributed by atoms with Gasteiger partial charge in [-0.25, -0.2) is 9.78 Å². The molecule has 0 aliphatic rings. The summed E-state index contributed by atoms with van der Waals surface area (Å²) in [5.74, 6) is 0.668. The Balaban J connectivity index is 1.84. The van der Waals surface area contributed by atoms with Gasteiger partial charge in [0, 0.05) is 18.3 Å². The lowest BCUT2D eigenvalue weighted by Crippen LogP contribution is -2.40. The molecule has 156 valence electrons. The summed E-state index contributed by atoms with van der Waals surface area (Å²) in [6.45, 7) is 0.109. The van der Waals surface area contributed by atoms with E-state index >= 15 is 0 Å². The molecule has 0 saturated carbocycles. The van der Waals surface area contributed by atoms with Crippen LogP contribution in [0.3, 0.4) is 0 Å². The summed E-state index contributed by atoms with van der Waals surface area (Å²) >= 11 is 0. The third-order valence-electron chi connectivity index (χ3n) is 4.94. The van der Waals surface area contributed by atoms with E-state index in [1.807, 2.05) is 0 Å². The first-order chi connectivity index (χ1) is 15.0. The topological polar surface area (TPSA) is 109 Å². The van der Waals surface area contributed by atoms with Crippen LogP contribution in [0.2, 0.25) is 0 Å². The standard InChI is InChI=1S/C22H18N4O5/c1-31-18-9-7-15(8-10-18)13-25-21(27)19-6-3-11-23-20(19)24(22(25)28)14-16-4-2-5-17(12-16)26(29)30/h2-12H,13-14H2,1H3. The largest absolute Gasteiger partial charge is 0.497 e. The molecule has 2 heterocycles. The summed E-state index contributed by atoms with van der Waals surface area (Å²) < 4.78 is 7.65. The number of rotatable bonds is 6. The molecule has 2 aromatic heterocycles. The number of non-ortho nitro benzene ring substituents is 1. The molecule has 0 spiro atoms. The Morgan fingerprint density at radius 2 is 1.71 bits per heavy atom. The van der Waals surface area contributed by atoms with Gasteiger partial charge in [-0.3, -0.25) is 24.0 Å². The molecule has 4 aromatic rings. The maximum atomic E-state index is 13.3. The molecule has 9 heteroatoms. The predicted molar refractivity (Wildman–Crippen MR) is 115 cm³/mol. The molecule has 0 bridgehead atoms. The minimum Gasteiger partial charge on any atom is -0.497 e. The van der Waals surface area contributed by atoms with E-state index in [0.29, 0.717) is 16.7 Å². The third-order valence-corrected chi connectivity index (χ3v) is 4.94. The summed E-state index contributed by atoms with van der Waals surface area (Å²) in [5, 5.41) is 11.4. The molecular formula is C22H18N4O5. The van der Waals surface area contributed by atoms with Gasteiger partial charge in [0.15, 0.2) is 0 Å². The van der Waals surface area contributed by atoms with Crippen molar-refractivity contribution in [3.8, 4) is 5.75 Å². The fourth-order valence-corrected chi connectivity index (χ4v) is 3.39. The normalized spacial score (nSPS) is 10.9. The van der Waals surface area contributed by atoms with E-state index in [4.69, 9.17) is 4.74 Å². The number of fused-ring (bicyclic) bond motifs is 1. The van der Waals surface area contributed by atoms with Crippen LogP contribution in [0.25, 0.3) is 11.0 Å². The molecule has 2 aromatic carbocycles. The van der Waals surface area contributed by atoms with Crippen LogP contribution in [0.4, 0.5) is 5.69 Å². The summed E-state index contributed by atoms with van der Waals surface area (Å²) in [4.78, 5) is 41.1. The quantitative estimate of drug-likeness (QED) is 0.352. The minimum atomic E-state index is -0.543. The average Bonchev–Trinajstić information content (AvgIpc) is 2.80. The number of pyridine rings is 1. The van der Waals surface area contributed by atoms with Gasteiger partial charge in [-0.15, -0.1) is 0 Å². The lowest BCUT2D eigenvalue weighted by Gasteiger charge is -2.14. The van der Waals surface area contributed by atoms with Crippen LogP contribution < -0.4 is 16.0 Å². The van der Waals surface area contributed by atoms with Crippen molar-refractivity contribution in [2.75, 3.05) is 7.11 Å². The van der Waals surface area contributed by atoms with Gasteiger partial charge in [0.1, 0.15) is 11.4 Å². The Kier molecular flexibility index (Phi) is 5.31. The zero-order chi connectivity index (χ0) is 22.0. The first-order valence-electron chi connectivity index (χ1n) is 9.42. The van der Waals surface area contributed by atoms with Gasteiger partial charge < -0.3 is 4.74 Å². The number of benzene rings is 2. The van der Waals surface area contributed by atoms with E-state index in [1.165, 1.54) is 22.9 Å². The third kappa shape index (κ3) is 3.93. The van der Waals surface area contributed by atoms with Gasteiger partial charge in [0.25, 0.3) is 11.2 Å². The monoisotopic (exact) mass is 418 g/mol. The number of nitrogens with zero attached hydrogens (tertiary/aromatic N) is 4. The number of aromatic nitrogens is 3. The Morgan fingerprint density at radius 3 is 2.42 bits per heavy atom. The van der Waals surface area contributed by atoms with E-state index in [-0.39, 0.29) is 24.4 Å². The van der Waals surface area contributed by atoms with Crippen molar-refractivity contribution in [2.45, 2.75) is 13.1 Å². The van der Waals surface area contributed by atoms with E-state index in [1.54, 1.807) is 55.6 Å². The second-order valence-electron chi connectivity index (χ2n) is 6.91. The first kappa shape index (κ1) is 20.0. The van der Waals surface area contributed by atoms with E-state index in [2.05, 4.69) is 4.98 Å². The number of ether oxygens (including phenoxy) is 1. The van der Waals surface area contributed by atoms with Gasteiger partial charge >= 0.3 is 5.69 Å². The fraction of sp³-hybridized carbons (Fsp3) is 0.136. The van der Waals surface area contributed by atoms with E-state index < -0.39 is 16.2 Å². The van der Waals surface area contributed by atoms with Crippen molar-refractivity contribution >= 4 is 16.7 Å². The molecule has 0 radical (unpaired) electrons. The molecule has 0 amide bonds. The molecule has 0 saturated heterocycles. The van der Waals surface area contributed by atoms with Crippen molar-refractivity contribution < 1.29 is 9.66 Å². The van der Waals surface area contributed by atoms with Crippen LogP contribution in [0.15, 0.2) is 76.4 Å². The summed E-state index contributed by atoms with van der Waals surface area (Å²) in [6.07, 6.45) is 1.50. The van der Waals surface area contributed by atoms with Gasteiger partial charge in [-0.05, 0) is 35.4 Å². The van der Waals surface area contributed by atoms with Crippen molar-refractivity contribution in [3.05, 3.63) is 109 Å². The molecular weight excluding hydrogens is 400 g/mol. The zero-order valence-corrected chi connectivity index (χ0v) is 16.6. The Hall–Kier alpha value is -4.27. The van der Waals surface area contributed by atoms with Crippen LogP contribution in [0.5, 0.6) is 5.75 Å². The lowest BCUT2D eigenvalue weighted by atomic mass is 10.2. The van der Waals surface area contributed by atoms with Crippen molar-refractivity contribution in [3.63, 3.8) is 0 Å². The highest BCUT2D eigenvalue weighted by Crippen LogP contribution is 2.16. The minimum absolute atomic E-state index is 0.0386. The van der Waals surface area contributed by atoms with Gasteiger partial charge in [0.2, 0.25) is 0 Å². The highest BCUT2D eigenvalue weighted by molar-refractivity contribution is 5.73. The molecule has 4 rings (SSSR count). The maximum absolute atomic E-state index is 13.3. The SMILES string of the molecule is COc1ccc(Cn2c(=O)c3cccnc3n(Cc3cccc([N+](=O)[O-])c3)c2=O)cc1. The summed E-state index contributed by atoms with van der Waals surface area (Å²) in [6, 6.07) is 16.3. The average molecular weight is 418 g/mol. The molecule has 0 N–H and O–H groups in total. The molecule has 0 atom stereocenters. The second kappa shape index (κ2) is 8.23. The van der Waals surface area contributed by atoms with Crippen LogP contribution in [0, 0.1) is 10.1 Å². The number of hydrogen-bond donors (Lipinski definition) is 0. The zero-order valence-electron chi connectivity index (χ0n) is 16.6. The van der Waals surface area contributed by atoms with Crippen LogP contribution in [-0.4, -0.2) is 26.2 Å². The van der Waals surface area contributed by atoms with Crippen molar-refractivity contribution in [2.24, 2.45) is 0 Å². The van der Waals surface area contributed by atoms with Crippen LogP contribution >= 0.6 is 0 Å². The molecule has 0 aliphatic heterocycles. The van der Waals surface area contributed by atoms with Gasteiger partial charge in [-0.2, -0.15) is 0 Å². The Morgan fingerprint density at radius 1 is 0.968 bits per heavy atom. The van der Waals surface area contributed by atoms with E-state index in [9.17, 15) is 19.7 Å². The number of hydrogen-bond acceptors (Lipinski definition) is 6. The molecule has 0 fully saturated rings. The van der Waals surface area contributed by atoms with Crippen LogP contribution in [-0.2, 0) is 13.1 Å². The van der Waals surface area contributed by atoms with Gasteiger partial charge in [0.05, 0.1) is 30.5 Å². The summed E-state index contributed by atoms with van der Waals surface area (Å²) in [7, 11) is 1.56. The Labute approximate surface area is 175 Å². The highest BCUT2D eigenvalue weighted by Gasteiger charge is 2.16. The smallest absolute Gasteiger partial charge is 0.333 e. The lowest BCUT2D eigenvalue weighted by molar-refractivity contribution is -0.384. The number of nitro groups is 1. The maximum Gasteiger partial charge on any atom is 0.333 e. The number of nitro benzene ring substituents is 1. The fourth-order valence-electron chi connectivity index (χ4n) is 3.39. The molecule has 31 heavy (non-hydrogen) atoms. The summed E-state index contributed by atoms with van der Waals surface area (Å²) in [5.41, 5.74) is 0.477. The van der Waals surface area contributed by atoms with Crippen molar-refractivity contribution in [1.82, 2.24) is 14.1 Å². The van der Waals surface area contributed by atoms with Gasteiger partial charge in [-0.1, -0.05) is 24.3 Å². The van der Waals surface area contributed by atoms with Crippen molar-refractivity contribution in [1.29, 1.82) is 0 Å². The Bertz CT molecular complexity index is 1390.